The lowest BCUT2D eigenvalue weighted by molar-refractivity contribution is -0.114. The quantitative estimate of drug-likeness (QED) is 0.796. The number of aromatic nitrogens is 2. The van der Waals surface area contributed by atoms with Crippen molar-refractivity contribution in [2.24, 2.45) is 0 Å². The summed E-state index contributed by atoms with van der Waals surface area (Å²) < 4.78 is 1.41. The van der Waals surface area contributed by atoms with Crippen molar-refractivity contribution in [3.63, 3.8) is 0 Å². The second-order valence-electron chi connectivity index (χ2n) is 4.00. The average Bonchev–Trinajstić information content (AvgIpc) is 2.26. The maximum Gasteiger partial charge on any atom is 0.328 e. The second kappa shape index (κ2) is 5.43. The van der Waals surface area contributed by atoms with E-state index in [1.54, 1.807) is 6.92 Å². The molecule has 1 heterocycles. The van der Waals surface area contributed by atoms with Crippen LogP contribution in [0, 0.1) is 0 Å². The molecule has 0 atom stereocenters. The minimum atomic E-state index is -0.480. The summed E-state index contributed by atoms with van der Waals surface area (Å²) in [5.41, 5.74) is -0.615. The summed E-state index contributed by atoms with van der Waals surface area (Å²) in [5.74, 6) is -0.0632. The molecule has 0 saturated carbocycles. The Hall–Kier alpha value is -1.91. The van der Waals surface area contributed by atoms with Crippen molar-refractivity contribution in [2.75, 3.05) is 0 Å². The van der Waals surface area contributed by atoms with Crippen LogP contribution in [0.1, 0.15) is 38.8 Å². The average molecular weight is 236 g/mol. The molecule has 1 rings (SSSR count). The molecule has 0 aliphatic heterocycles. The molecule has 0 saturated heterocycles. The van der Waals surface area contributed by atoms with Crippen LogP contribution < -0.4 is 11.2 Å². The van der Waals surface area contributed by atoms with E-state index in [0.29, 0.717) is 12.0 Å². The highest BCUT2D eigenvalue weighted by Crippen LogP contribution is 2.01. The molecule has 0 spiro atoms. The third kappa shape index (κ3) is 3.27. The van der Waals surface area contributed by atoms with Crippen LogP contribution in [0.2, 0.25) is 0 Å². The molecule has 1 aromatic heterocycles. The Balaban J connectivity index is 3.22. The van der Waals surface area contributed by atoms with E-state index in [4.69, 9.17) is 0 Å². The van der Waals surface area contributed by atoms with Crippen LogP contribution in [0.5, 0.6) is 0 Å². The third-order valence-electron chi connectivity index (χ3n) is 2.35. The zero-order valence-corrected chi connectivity index (χ0v) is 10.2. The van der Waals surface area contributed by atoms with Crippen LogP contribution >= 0.6 is 0 Å². The zero-order chi connectivity index (χ0) is 13.0. The van der Waals surface area contributed by atoms with Crippen molar-refractivity contribution < 1.29 is 4.79 Å². The highest BCUT2D eigenvalue weighted by molar-refractivity contribution is 5.93. The van der Waals surface area contributed by atoms with E-state index in [1.165, 1.54) is 22.9 Å². The minimum absolute atomic E-state index is 0.0478. The largest absolute Gasteiger partial charge is 0.328 e. The van der Waals surface area contributed by atoms with Crippen LogP contribution in [0.4, 0.5) is 0 Å². The van der Waals surface area contributed by atoms with Gasteiger partial charge in [-0.05, 0) is 26.0 Å². The summed E-state index contributed by atoms with van der Waals surface area (Å²) in [6.45, 7) is 5.42. The summed E-state index contributed by atoms with van der Waals surface area (Å²) >= 11 is 0. The standard InChI is InChI=1S/C12H16N2O3/c1-4-10(15)6-5-9-7-14(8(2)3)12(17)13-11(9)16/h5-8H,4H2,1-3H3,(H,13,16,17)/b6-5+. The van der Waals surface area contributed by atoms with Crippen LogP contribution in [-0.2, 0) is 4.79 Å². The van der Waals surface area contributed by atoms with E-state index < -0.39 is 11.2 Å². The topological polar surface area (TPSA) is 71.9 Å². The van der Waals surface area contributed by atoms with Crippen molar-refractivity contribution >= 4 is 11.9 Å². The highest BCUT2D eigenvalue weighted by Gasteiger charge is 2.05. The lowest BCUT2D eigenvalue weighted by Gasteiger charge is -2.08. The monoisotopic (exact) mass is 236 g/mol. The Morgan fingerprint density at radius 1 is 1.47 bits per heavy atom. The Kier molecular flexibility index (Phi) is 4.20. The number of hydrogen-bond donors (Lipinski definition) is 1. The van der Waals surface area contributed by atoms with E-state index in [9.17, 15) is 14.4 Å². The van der Waals surface area contributed by atoms with Crippen LogP contribution in [0.15, 0.2) is 21.9 Å². The van der Waals surface area contributed by atoms with Gasteiger partial charge in [0, 0.05) is 18.7 Å². The molecule has 0 aliphatic carbocycles. The molecule has 5 nitrogen and oxygen atoms in total. The van der Waals surface area contributed by atoms with Crippen LogP contribution in [-0.4, -0.2) is 15.3 Å². The number of ketones is 1. The molecule has 0 amide bonds. The van der Waals surface area contributed by atoms with Crippen LogP contribution in [0.25, 0.3) is 6.08 Å². The third-order valence-corrected chi connectivity index (χ3v) is 2.35. The molecule has 0 unspecified atom stereocenters. The smallest absolute Gasteiger partial charge is 0.297 e. The summed E-state index contributed by atoms with van der Waals surface area (Å²) in [5, 5.41) is 0. The van der Waals surface area contributed by atoms with Gasteiger partial charge in [-0.1, -0.05) is 6.92 Å². The first-order valence-electron chi connectivity index (χ1n) is 5.52. The number of carbonyl (C=O) groups excluding carboxylic acids is 1. The Labute approximate surface area is 98.8 Å². The van der Waals surface area contributed by atoms with Gasteiger partial charge in [-0.25, -0.2) is 4.79 Å². The van der Waals surface area contributed by atoms with Gasteiger partial charge < -0.3 is 0 Å². The van der Waals surface area contributed by atoms with Crippen molar-refractivity contribution in [1.82, 2.24) is 9.55 Å². The molecule has 1 N–H and O–H groups in total. The van der Waals surface area contributed by atoms with E-state index >= 15 is 0 Å². The SMILES string of the molecule is CCC(=O)/C=C/c1cn(C(C)C)c(=O)[nH]c1=O. The minimum Gasteiger partial charge on any atom is -0.297 e. The van der Waals surface area contributed by atoms with E-state index in [0.717, 1.165) is 0 Å². The number of nitrogens with one attached hydrogen (secondary N) is 1. The number of nitrogens with zero attached hydrogens (tertiary/aromatic N) is 1. The number of carbonyl (C=O) groups is 1. The molecule has 0 radical (unpaired) electrons. The lowest BCUT2D eigenvalue weighted by Crippen LogP contribution is -2.31. The highest BCUT2D eigenvalue weighted by atomic mass is 16.2. The maximum absolute atomic E-state index is 11.5. The lowest BCUT2D eigenvalue weighted by atomic mass is 10.2. The van der Waals surface area contributed by atoms with Crippen molar-refractivity contribution in [1.29, 1.82) is 0 Å². The number of aromatic amines is 1. The molecule has 0 fully saturated rings. The van der Waals surface area contributed by atoms with Gasteiger partial charge in [0.1, 0.15) is 0 Å². The Bertz CT molecular complexity index is 550. The summed E-state index contributed by atoms with van der Waals surface area (Å²) in [4.78, 5) is 36.3. The number of hydrogen-bond acceptors (Lipinski definition) is 3. The van der Waals surface area contributed by atoms with Gasteiger partial charge in [-0.2, -0.15) is 0 Å². The fourth-order valence-corrected chi connectivity index (χ4v) is 1.30. The van der Waals surface area contributed by atoms with Gasteiger partial charge in [-0.15, -0.1) is 0 Å². The normalized spacial score (nSPS) is 11.3. The number of allylic oxidation sites excluding steroid dienone is 1. The first-order valence-corrected chi connectivity index (χ1v) is 5.52. The Morgan fingerprint density at radius 3 is 2.65 bits per heavy atom. The van der Waals surface area contributed by atoms with Gasteiger partial charge in [0.2, 0.25) is 0 Å². The van der Waals surface area contributed by atoms with Crippen molar-refractivity contribution in [3.05, 3.63) is 38.7 Å². The van der Waals surface area contributed by atoms with Crippen molar-refractivity contribution in [3.8, 4) is 0 Å². The van der Waals surface area contributed by atoms with Gasteiger partial charge in [-0.3, -0.25) is 19.1 Å². The number of H-pyrrole nitrogens is 1. The molecule has 17 heavy (non-hydrogen) atoms. The van der Waals surface area contributed by atoms with E-state index in [2.05, 4.69) is 4.98 Å². The second-order valence-corrected chi connectivity index (χ2v) is 4.00. The van der Waals surface area contributed by atoms with Gasteiger partial charge in [0.05, 0.1) is 5.56 Å². The molecular formula is C12H16N2O3. The van der Waals surface area contributed by atoms with Crippen molar-refractivity contribution in [2.45, 2.75) is 33.2 Å². The molecule has 0 aliphatic rings. The van der Waals surface area contributed by atoms with Crippen LogP contribution in [0.3, 0.4) is 0 Å². The first-order chi connectivity index (χ1) is 7.95. The maximum atomic E-state index is 11.5. The summed E-state index contributed by atoms with van der Waals surface area (Å²) in [7, 11) is 0. The molecule has 92 valence electrons. The molecule has 0 aromatic carbocycles. The molecule has 1 aromatic rings. The van der Waals surface area contributed by atoms with Gasteiger partial charge in [0.15, 0.2) is 5.78 Å². The summed E-state index contributed by atoms with van der Waals surface area (Å²) in [6.07, 6.45) is 4.63. The zero-order valence-electron chi connectivity index (χ0n) is 10.2. The first kappa shape index (κ1) is 13.2. The molecule has 0 bridgehead atoms. The fraction of sp³-hybridized carbons (Fsp3) is 0.417. The summed E-state index contributed by atoms with van der Waals surface area (Å²) in [6, 6.07) is -0.0478. The predicted molar refractivity (Wildman–Crippen MR) is 66.0 cm³/mol. The number of rotatable bonds is 4. The molecular weight excluding hydrogens is 220 g/mol. The van der Waals surface area contributed by atoms with Gasteiger partial charge in [0.25, 0.3) is 5.56 Å². The Morgan fingerprint density at radius 2 is 2.12 bits per heavy atom. The van der Waals surface area contributed by atoms with E-state index in [-0.39, 0.29) is 11.8 Å². The fourth-order valence-electron chi connectivity index (χ4n) is 1.30. The predicted octanol–water partition coefficient (Wildman–Crippen LogP) is 1.11. The molecule has 5 heteroatoms. The van der Waals surface area contributed by atoms with Gasteiger partial charge >= 0.3 is 5.69 Å². The van der Waals surface area contributed by atoms with E-state index in [1.807, 2.05) is 13.8 Å².